The number of aromatic nitrogens is 4. The molecule has 4 rings (SSSR count). The van der Waals surface area contributed by atoms with Crippen LogP contribution in [-0.4, -0.2) is 83.5 Å². The van der Waals surface area contributed by atoms with E-state index in [0.717, 1.165) is 6.42 Å². The average molecular weight is 553 g/mol. The van der Waals surface area contributed by atoms with Gasteiger partial charge in [-0.25, -0.2) is 14.3 Å². The third-order valence-electron chi connectivity index (χ3n) is 5.41. The summed E-state index contributed by atoms with van der Waals surface area (Å²) in [6.07, 6.45) is 0.740. The smallest absolute Gasteiger partial charge is 0.352 e. The number of carboxylic acid groups (broad SMARTS) is 1. The number of carbonyl (C=O) groups excluding carboxylic acids is 3. The van der Waals surface area contributed by atoms with Crippen molar-refractivity contribution in [1.29, 1.82) is 0 Å². The van der Waals surface area contributed by atoms with Crippen LogP contribution in [0.4, 0.5) is 4.79 Å². The summed E-state index contributed by atoms with van der Waals surface area (Å²) >= 11 is 3.95. The molecule has 0 radical (unpaired) electrons. The standard InChI is InChI=1S/C20H24N8O5S3/c1-3-6-21-19(33)23-12(11-5-4-7-34-11)15(29)22-13-16(30)28-14(18(31)32)10(8-35-17(13)28)9-36-20-24-25-26-27(20)2/h4-5,7,12-13,17H,3,6,8-9H2,1-2H3,(H,22,29)(H,31,32)(H2,21,23,33)/t12?,13-,17?/m0/s1. The Morgan fingerprint density at radius 2 is 2.17 bits per heavy atom. The number of β-lactam (4-membered cyclic amide) rings is 1. The van der Waals surface area contributed by atoms with E-state index in [1.54, 1.807) is 24.6 Å². The van der Waals surface area contributed by atoms with Crippen molar-refractivity contribution in [2.45, 2.75) is 36.0 Å². The molecule has 2 unspecified atom stereocenters. The molecule has 2 aliphatic rings. The van der Waals surface area contributed by atoms with Crippen LogP contribution in [0.5, 0.6) is 0 Å². The lowest BCUT2D eigenvalue weighted by molar-refractivity contribution is -0.150. The van der Waals surface area contributed by atoms with Crippen molar-refractivity contribution in [3.8, 4) is 0 Å². The minimum absolute atomic E-state index is 0.0799. The number of thiophene rings is 1. The number of thioether (sulfide) groups is 2. The summed E-state index contributed by atoms with van der Waals surface area (Å²) in [6.45, 7) is 2.37. The van der Waals surface area contributed by atoms with Crippen molar-refractivity contribution in [2.24, 2.45) is 7.05 Å². The Hall–Kier alpha value is -3.11. The van der Waals surface area contributed by atoms with Crippen LogP contribution in [0.2, 0.25) is 0 Å². The zero-order valence-corrected chi connectivity index (χ0v) is 21.8. The van der Waals surface area contributed by atoms with Crippen LogP contribution in [0.25, 0.3) is 0 Å². The van der Waals surface area contributed by atoms with E-state index in [0.29, 0.717) is 33.7 Å². The molecule has 13 nitrogen and oxygen atoms in total. The molecule has 36 heavy (non-hydrogen) atoms. The van der Waals surface area contributed by atoms with Crippen molar-refractivity contribution < 1.29 is 24.3 Å². The second kappa shape index (κ2) is 11.3. The molecule has 0 spiro atoms. The first-order valence-electron chi connectivity index (χ1n) is 10.9. The number of carbonyl (C=O) groups is 4. The summed E-state index contributed by atoms with van der Waals surface area (Å²) in [4.78, 5) is 52.3. The predicted octanol–water partition coefficient (Wildman–Crippen LogP) is 0.553. The predicted molar refractivity (Wildman–Crippen MR) is 133 cm³/mol. The normalized spacial score (nSPS) is 19.8. The number of aryl methyl sites for hydroxylation is 1. The van der Waals surface area contributed by atoms with E-state index in [9.17, 15) is 24.3 Å². The lowest BCUT2D eigenvalue weighted by Crippen LogP contribution is -2.71. The summed E-state index contributed by atoms with van der Waals surface area (Å²) in [7, 11) is 1.68. The molecule has 1 saturated heterocycles. The maximum atomic E-state index is 13.1. The third kappa shape index (κ3) is 5.34. The van der Waals surface area contributed by atoms with Gasteiger partial charge in [0.05, 0.1) is 0 Å². The van der Waals surface area contributed by atoms with Gasteiger partial charge in [0.25, 0.3) is 5.91 Å². The molecule has 2 aromatic rings. The molecule has 4 N–H and O–H groups in total. The van der Waals surface area contributed by atoms with E-state index in [1.807, 2.05) is 6.92 Å². The molecule has 1 fully saturated rings. The highest BCUT2D eigenvalue weighted by atomic mass is 32.2. The van der Waals surface area contributed by atoms with Gasteiger partial charge in [0.15, 0.2) is 0 Å². The monoisotopic (exact) mass is 552 g/mol. The van der Waals surface area contributed by atoms with Crippen molar-refractivity contribution in [3.05, 3.63) is 33.7 Å². The molecular formula is C20H24N8O5S3. The molecule has 16 heteroatoms. The van der Waals surface area contributed by atoms with Gasteiger partial charge in [-0.15, -0.1) is 28.2 Å². The Morgan fingerprint density at radius 1 is 1.36 bits per heavy atom. The first kappa shape index (κ1) is 26.0. The van der Waals surface area contributed by atoms with Crippen LogP contribution in [0.1, 0.15) is 24.3 Å². The maximum absolute atomic E-state index is 13.1. The van der Waals surface area contributed by atoms with Crippen molar-refractivity contribution in [3.63, 3.8) is 0 Å². The van der Waals surface area contributed by atoms with Crippen LogP contribution in [0, 0.1) is 0 Å². The average Bonchev–Trinajstić information content (AvgIpc) is 3.54. The number of urea groups is 1. The van der Waals surface area contributed by atoms with Crippen molar-refractivity contribution >= 4 is 58.7 Å². The molecule has 4 heterocycles. The minimum atomic E-state index is -1.21. The Kier molecular flexibility index (Phi) is 8.15. The number of rotatable bonds is 10. The number of fused-ring (bicyclic) bond motifs is 1. The lowest BCUT2D eigenvalue weighted by Gasteiger charge is -2.49. The second-order valence-electron chi connectivity index (χ2n) is 7.88. The fraction of sp³-hybridized carbons (Fsp3) is 0.450. The van der Waals surface area contributed by atoms with E-state index < -0.39 is 41.3 Å². The van der Waals surface area contributed by atoms with Gasteiger partial charge < -0.3 is 21.1 Å². The Bertz CT molecular complexity index is 1180. The van der Waals surface area contributed by atoms with Gasteiger partial charge in [0.2, 0.25) is 11.1 Å². The van der Waals surface area contributed by atoms with E-state index in [4.69, 9.17) is 0 Å². The molecule has 4 amide bonds. The second-order valence-corrected chi connectivity index (χ2v) is 10.9. The van der Waals surface area contributed by atoms with Crippen LogP contribution in [-0.2, 0) is 21.4 Å². The van der Waals surface area contributed by atoms with Gasteiger partial charge in [0, 0.05) is 30.0 Å². The number of nitrogens with one attached hydrogen (secondary N) is 3. The molecule has 0 aliphatic carbocycles. The highest BCUT2D eigenvalue weighted by Crippen LogP contribution is 2.41. The van der Waals surface area contributed by atoms with Crippen molar-refractivity contribution in [2.75, 3.05) is 18.1 Å². The van der Waals surface area contributed by atoms with Gasteiger partial charge in [-0.2, -0.15) is 0 Å². The highest BCUT2D eigenvalue weighted by Gasteiger charge is 2.54. The molecular weight excluding hydrogens is 528 g/mol. The van der Waals surface area contributed by atoms with Crippen LogP contribution >= 0.6 is 34.9 Å². The molecule has 0 bridgehead atoms. The van der Waals surface area contributed by atoms with Crippen LogP contribution in [0.15, 0.2) is 33.9 Å². The van der Waals surface area contributed by atoms with Gasteiger partial charge in [-0.1, -0.05) is 24.8 Å². The number of aliphatic carboxylic acids is 1. The minimum Gasteiger partial charge on any atom is -0.477 e. The molecule has 2 aromatic heterocycles. The van der Waals surface area contributed by atoms with E-state index in [1.165, 1.54) is 44.4 Å². The van der Waals surface area contributed by atoms with Gasteiger partial charge in [-0.05, 0) is 33.9 Å². The molecule has 0 aromatic carbocycles. The van der Waals surface area contributed by atoms with Crippen LogP contribution in [0.3, 0.4) is 0 Å². The lowest BCUT2D eigenvalue weighted by atomic mass is 10.0. The summed E-state index contributed by atoms with van der Waals surface area (Å²) in [5.74, 6) is -1.60. The zero-order valence-electron chi connectivity index (χ0n) is 19.3. The quantitative estimate of drug-likeness (QED) is 0.241. The molecule has 0 saturated carbocycles. The fourth-order valence-corrected chi connectivity index (χ4v) is 6.78. The first-order valence-corrected chi connectivity index (χ1v) is 13.9. The zero-order chi connectivity index (χ0) is 25.8. The summed E-state index contributed by atoms with van der Waals surface area (Å²) in [5, 5.41) is 30.8. The van der Waals surface area contributed by atoms with Crippen LogP contribution < -0.4 is 16.0 Å². The van der Waals surface area contributed by atoms with E-state index in [2.05, 4.69) is 31.5 Å². The number of hydrogen-bond acceptors (Lipinski definition) is 10. The Morgan fingerprint density at radius 3 is 2.81 bits per heavy atom. The topological polar surface area (TPSA) is 171 Å². The van der Waals surface area contributed by atoms with Gasteiger partial charge in [0.1, 0.15) is 23.2 Å². The van der Waals surface area contributed by atoms with Gasteiger partial charge in [-0.3, -0.25) is 14.5 Å². The van der Waals surface area contributed by atoms with E-state index >= 15 is 0 Å². The fourth-order valence-electron chi connectivity index (χ4n) is 3.67. The number of tetrazole rings is 1. The van der Waals surface area contributed by atoms with E-state index in [-0.39, 0.29) is 5.70 Å². The highest BCUT2D eigenvalue weighted by molar-refractivity contribution is 8.01. The molecule has 2 aliphatic heterocycles. The SMILES string of the molecule is CCCNC(=O)NC(C(=O)N[C@H]1C(=O)N2C(C(=O)O)=C(CSc3nnnn3C)CSC12)c1cccs1. The molecule has 3 atom stereocenters. The summed E-state index contributed by atoms with van der Waals surface area (Å²) < 4.78 is 1.48. The Balaban J connectivity index is 1.46. The number of amides is 4. The summed E-state index contributed by atoms with van der Waals surface area (Å²) in [5.41, 5.74) is 0.490. The van der Waals surface area contributed by atoms with Gasteiger partial charge >= 0.3 is 12.0 Å². The number of nitrogens with zero attached hydrogens (tertiary/aromatic N) is 5. The number of hydrogen-bond donors (Lipinski definition) is 4. The first-order chi connectivity index (χ1) is 17.3. The van der Waals surface area contributed by atoms with Crippen molar-refractivity contribution in [1.82, 2.24) is 41.1 Å². The third-order valence-corrected chi connectivity index (χ3v) is 8.78. The molecule has 192 valence electrons. The number of carboxylic acids is 1. The summed E-state index contributed by atoms with van der Waals surface area (Å²) in [6, 6.07) is 1.10. The Labute approximate surface area is 218 Å². The maximum Gasteiger partial charge on any atom is 0.352 e. The largest absolute Gasteiger partial charge is 0.477 e.